The Kier molecular flexibility index (Phi) is 3.84. The van der Waals surface area contributed by atoms with Crippen LogP contribution in [0.4, 0.5) is 0 Å². The van der Waals surface area contributed by atoms with Crippen molar-refractivity contribution in [3.63, 3.8) is 0 Å². The Morgan fingerprint density at radius 3 is 2.61 bits per heavy atom. The molecule has 0 amide bonds. The highest BCUT2D eigenvalue weighted by Crippen LogP contribution is 2.23. The van der Waals surface area contributed by atoms with Gasteiger partial charge in [0.1, 0.15) is 11.4 Å². The molecule has 0 aliphatic rings. The summed E-state index contributed by atoms with van der Waals surface area (Å²) in [6.45, 7) is 0. The van der Waals surface area contributed by atoms with Crippen LogP contribution in [-0.2, 0) is 5.75 Å². The Bertz CT molecular complexity index is 554. The molecule has 2 N–H and O–H groups in total. The number of carbonyl (C=O) groups is 1. The van der Waals surface area contributed by atoms with E-state index < -0.39 is 5.97 Å². The van der Waals surface area contributed by atoms with Crippen molar-refractivity contribution in [3.8, 4) is 5.75 Å². The number of benzene rings is 1. The van der Waals surface area contributed by atoms with E-state index in [-0.39, 0.29) is 11.4 Å². The molecule has 0 atom stereocenters. The number of rotatable bonds is 4. The van der Waals surface area contributed by atoms with Gasteiger partial charge >= 0.3 is 5.97 Å². The standard InChI is InChI=1S/C13H11NO3S/c15-10-3-1-9(2-4-10)8-18-11-5-6-14-12(7-11)13(16)17/h1-7,15H,8H2,(H,16,17). The fraction of sp³-hybridized carbons (Fsp3) is 0.0769. The Morgan fingerprint density at radius 2 is 1.94 bits per heavy atom. The van der Waals surface area contributed by atoms with E-state index in [1.807, 2.05) is 12.1 Å². The Balaban J connectivity index is 2.04. The third-order valence-electron chi connectivity index (χ3n) is 2.29. The molecule has 0 fully saturated rings. The van der Waals surface area contributed by atoms with Crippen LogP contribution in [0.25, 0.3) is 0 Å². The van der Waals surface area contributed by atoms with Crippen LogP contribution < -0.4 is 0 Å². The second-order valence-corrected chi connectivity index (χ2v) is 4.69. The van der Waals surface area contributed by atoms with Gasteiger partial charge in [-0.25, -0.2) is 9.78 Å². The number of carboxylic acid groups (broad SMARTS) is 1. The molecular formula is C13H11NO3S. The Hall–Kier alpha value is -2.01. The summed E-state index contributed by atoms with van der Waals surface area (Å²) in [6, 6.07) is 10.3. The number of hydrogen-bond donors (Lipinski definition) is 2. The third kappa shape index (κ3) is 3.24. The maximum atomic E-state index is 10.8. The number of aromatic carboxylic acids is 1. The number of phenols is 1. The van der Waals surface area contributed by atoms with Crippen molar-refractivity contribution in [2.75, 3.05) is 0 Å². The summed E-state index contributed by atoms with van der Waals surface area (Å²) in [5.41, 5.74) is 1.11. The van der Waals surface area contributed by atoms with Crippen LogP contribution in [-0.4, -0.2) is 21.2 Å². The van der Waals surface area contributed by atoms with Gasteiger partial charge in [-0.2, -0.15) is 0 Å². The van der Waals surface area contributed by atoms with Crippen LogP contribution in [0.2, 0.25) is 0 Å². The first-order valence-corrected chi connectivity index (χ1v) is 6.24. The molecule has 0 unspecified atom stereocenters. The Morgan fingerprint density at radius 1 is 1.22 bits per heavy atom. The van der Waals surface area contributed by atoms with Gasteiger partial charge in [-0.3, -0.25) is 0 Å². The number of aromatic nitrogens is 1. The first-order chi connectivity index (χ1) is 8.65. The zero-order valence-electron chi connectivity index (χ0n) is 9.41. The largest absolute Gasteiger partial charge is 0.508 e. The van der Waals surface area contributed by atoms with E-state index >= 15 is 0 Å². The van der Waals surface area contributed by atoms with Gasteiger partial charge in [0.05, 0.1) is 0 Å². The lowest BCUT2D eigenvalue weighted by Gasteiger charge is -2.03. The number of hydrogen-bond acceptors (Lipinski definition) is 4. The van der Waals surface area contributed by atoms with Gasteiger partial charge in [0.2, 0.25) is 0 Å². The summed E-state index contributed by atoms with van der Waals surface area (Å²) in [4.78, 5) is 15.4. The van der Waals surface area contributed by atoms with E-state index in [0.717, 1.165) is 10.5 Å². The van der Waals surface area contributed by atoms with Crippen LogP contribution >= 0.6 is 11.8 Å². The highest BCUT2D eigenvalue weighted by Gasteiger charge is 2.05. The van der Waals surface area contributed by atoms with Crippen LogP contribution in [0.15, 0.2) is 47.5 Å². The normalized spacial score (nSPS) is 10.2. The zero-order chi connectivity index (χ0) is 13.0. The minimum absolute atomic E-state index is 0.0470. The van der Waals surface area contributed by atoms with Gasteiger partial charge in [-0.05, 0) is 29.8 Å². The fourth-order valence-corrected chi connectivity index (χ4v) is 2.25. The molecular weight excluding hydrogens is 250 g/mol. The van der Waals surface area contributed by atoms with Crippen molar-refractivity contribution in [1.82, 2.24) is 4.98 Å². The van der Waals surface area contributed by atoms with Gasteiger partial charge in [0.25, 0.3) is 0 Å². The van der Waals surface area contributed by atoms with Gasteiger partial charge < -0.3 is 10.2 Å². The second-order valence-electron chi connectivity index (χ2n) is 3.64. The lowest BCUT2D eigenvalue weighted by molar-refractivity contribution is 0.0690. The minimum Gasteiger partial charge on any atom is -0.508 e. The molecule has 0 bridgehead atoms. The molecule has 1 aromatic heterocycles. The predicted octanol–water partition coefficient (Wildman–Crippen LogP) is 2.78. The molecule has 0 saturated carbocycles. The molecule has 5 heteroatoms. The molecule has 0 aliphatic carbocycles. The summed E-state index contributed by atoms with van der Waals surface area (Å²) in [5.74, 6) is -0.0773. The minimum atomic E-state index is -1.03. The van der Waals surface area contributed by atoms with E-state index in [1.165, 1.54) is 18.0 Å². The molecule has 1 aromatic carbocycles. The summed E-state index contributed by atoms with van der Waals surface area (Å²) in [6.07, 6.45) is 1.49. The van der Waals surface area contributed by atoms with Crippen LogP contribution in [0.5, 0.6) is 5.75 Å². The highest BCUT2D eigenvalue weighted by molar-refractivity contribution is 7.98. The Labute approximate surface area is 108 Å². The molecule has 0 aliphatic heterocycles. The van der Waals surface area contributed by atoms with E-state index in [4.69, 9.17) is 10.2 Å². The summed E-state index contributed by atoms with van der Waals surface area (Å²) >= 11 is 1.53. The number of phenolic OH excluding ortho intramolecular Hbond substituents is 1. The average molecular weight is 261 g/mol. The molecule has 2 rings (SSSR count). The molecule has 0 spiro atoms. The first kappa shape index (κ1) is 12.4. The number of nitrogens with zero attached hydrogens (tertiary/aromatic N) is 1. The van der Waals surface area contributed by atoms with Crippen molar-refractivity contribution in [2.45, 2.75) is 10.6 Å². The highest BCUT2D eigenvalue weighted by atomic mass is 32.2. The van der Waals surface area contributed by atoms with Gasteiger partial charge in [-0.1, -0.05) is 12.1 Å². The summed E-state index contributed by atoms with van der Waals surface area (Å²) < 4.78 is 0. The van der Waals surface area contributed by atoms with Crippen molar-refractivity contribution >= 4 is 17.7 Å². The van der Waals surface area contributed by atoms with Crippen LogP contribution in [0.3, 0.4) is 0 Å². The smallest absolute Gasteiger partial charge is 0.354 e. The molecule has 92 valence electrons. The van der Waals surface area contributed by atoms with Gasteiger partial charge in [0, 0.05) is 16.8 Å². The van der Waals surface area contributed by atoms with Crippen LogP contribution in [0, 0.1) is 0 Å². The number of aromatic hydroxyl groups is 1. The quantitative estimate of drug-likeness (QED) is 0.828. The number of pyridine rings is 1. The van der Waals surface area contributed by atoms with Crippen LogP contribution in [0.1, 0.15) is 16.1 Å². The van der Waals surface area contributed by atoms with Gasteiger partial charge in [0.15, 0.2) is 0 Å². The molecule has 4 nitrogen and oxygen atoms in total. The van der Waals surface area contributed by atoms with E-state index in [1.54, 1.807) is 24.3 Å². The molecule has 18 heavy (non-hydrogen) atoms. The molecule has 2 aromatic rings. The van der Waals surface area contributed by atoms with Crippen molar-refractivity contribution in [1.29, 1.82) is 0 Å². The summed E-state index contributed by atoms with van der Waals surface area (Å²) in [7, 11) is 0. The van der Waals surface area contributed by atoms with E-state index in [2.05, 4.69) is 4.98 Å². The van der Waals surface area contributed by atoms with Crippen molar-refractivity contribution < 1.29 is 15.0 Å². The van der Waals surface area contributed by atoms with Gasteiger partial charge in [-0.15, -0.1) is 11.8 Å². The maximum Gasteiger partial charge on any atom is 0.354 e. The number of carboxylic acids is 1. The lowest BCUT2D eigenvalue weighted by atomic mass is 10.2. The topological polar surface area (TPSA) is 70.4 Å². The summed E-state index contributed by atoms with van der Waals surface area (Å²) in [5, 5.41) is 18.0. The molecule has 1 heterocycles. The monoisotopic (exact) mass is 261 g/mol. The van der Waals surface area contributed by atoms with Crippen molar-refractivity contribution in [2.24, 2.45) is 0 Å². The average Bonchev–Trinajstić information content (AvgIpc) is 2.38. The number of thioether (sulfide) groups is 1. The predicted molar refractivity (Wildman–Crippen MR) is 68.9 cm³/mol. The second kappa shape index (κ2) is 5.55. The maximum absolute atomic E-state index is 10.8. The first-order valence-electron chi connectivity index (χ1n) is 5.25. The zero-order valence-corrected chi connectivity index (χ0v) is 10.2. The molecule has 0 saturated heterocycles. The lowest BCUT2D eigenvalue weighted by Crippen LogP contribution is -1.99. The third-order valence-corrected chi connectivity index (χ3v) is 3.36. The van der Waals surface area contributed by atoms with E-state index in [0.29, 0.717) is 5.75 Å². The molecule has 0 radical (unpaired) electrons. The van der Waals surface area contributed by atoms with E-state index in [9.17, 15) is 4.79 Å². The fourth-order valence-electron chi connectivity index (χ4n) is 1.38. The van der Waals surface area contributed by atoms with Crippen molar-refractivity contribution in [3.05, 3.63) is 53.9 Å². The SMILES string of the molecule is O=C(O)c1cc(SCc2ccc(O)cc2)ccn1.